The van der Waals surface area contributed by atoms with Crippen molar-refractivity contribution in [1.29, 1.82) is 0 Å². The number of benzene rings is 1. The molecule has 4 heterocycles. The van der Waals surface area contributed by atoms with Gasteiger partial charge in [-0.3, -0.25) is 14.4 Å². The van der Waals surface area contributed by atoms with Crippen LogP contribution >= 0.6 is 11.8 Å². The number of carbonyl (C=O) groups excluding carboxylic acids is 3. The highest BCUT2D eigenvalue weighted by Crippen LogP contribution is 2.62. The van der Waals surface area contributed by atoms with Gasteiger partial charge in [-0.15, -0.1) is 11.8 Å². The number of fused-ring (bicyclic) bond motifs is 2. The summed E-state index contributed by atoms with van der Waals surface area (Å²) in [7, 11) is 0. The van der Waals surface area contributed by atoms with Gasteiger partial charge >= 0.3 is 0 Å². The molecule has 3 amide bonds. The van der Waals surface area contributed by atoms with Crippen molar-refractivity contribution in [3.8, 4) is 0 Å². The van der Waals surface area contributed by atoms with Gasteiger partial charge in [0.05, 0.1) is 29.2 Å². The Hall–Kier alpha value is -2.58. The number of carbonyl (C=O) groups is 3. The lowest BCUT2D eigenvalue weighted by molar-refractivity contribution is -0.147. The zero-order chi connectivity index (χ0) is 27.0. The lowest BCUT2D eigenvalue weighted by Gasteiger charge is -2.40. The van der Waals surface area contributed by atoms with Gasteiger partial charge in [-0.1, -0.05) is 74.9 Å². The molecule has 1 aromatic carbocycles. The van der Waals surface area contributed by atoms with E-state index in [-0.39, 0.29) is 35.6 Å². The third kappa shape index (κ3) is 4.20. The van der Waals surface area contributed by atoms with Crippen LogP contribution < -0.4 is 0 Å². The van der Waals surface area contributed by atoms with Gasteiger partial charge in [0.1, 0.15) is 6.04 Å². The van der Waals surface area contributed by atoms with Crippen LogP contribution in [0, 0.1) is 11.8 Å². The lowest BCUT2D eigenvalue weighted by Crippen LogP contribution is -2.55. The van der Waals surface area contributed by atoms with Crippen molar-refractivity contribution in [3.05, 3.63) is 60.2 Å². The molecule has 1 spiro atoms. The highest BCUT2D eigenvalue weighted by Gasteiger charge is 2.71. The van der Waals surface area contributed by atoms with Crippen molar-refractivity contribution in [1.82, 2.24) is 14.7 Å². The number of aliphatic hydroxyl groups excluding tert-OH is 1. The Kier molecular flexibility index (Phi) is 7.74. The van der Waals surface area contributed by atoms with Gasteiger partial charge in [0.25, 0.3) is 0 Å². The molecule has 0 radical (unpaired) electrons. The van der Waals surface area contributed by atoms with Crippen LogP contribution in [0.15, 0.2) is 54.6 Å². The van der Waals surface area contributed by atoms with Gasteiger partial charge < -0.3 is 19.8 Å². The van der Waals surface area contributed by atoms with Crippen molar-refractivity contribution >= 4 is 29.5 Å². The fourth-order valence-electron chi connectivity index (χ4n) is 6.95. The molecule has 2 saturated heterocycles. The number of thioether (sulfide) groups is 1. The fourth-order valence-corrected chi connectivity index (χ4v) is 8.95. The van der Waals surface area contributed by atoms with E-state index < -0.39 is 28.7 Å². The fraction of sp³-hybridized carbons (Fsp3) is 0.567. The molecule has 0 saturated carbocycles. The first-order chi connectivity index (χ1) is 18.4. The molecular weight excluding hydrogens is 498 g/mol. The third-order valence-electron chi connectivity index (χ3n) is 8.64. The molecule has 204 valence electrons. The van der Waals surface area contributed by atoms with Crippen molar-refractivity contribution in [2.75, 3.05) is 26.2 Å². The Labute approximate surface area is 229 Å². The minimum atomic E-state index is -0.873. The SMILES string of the molecule is CCCC(C)N1CC=C[C@]23S[C@H]4C=CCN(CCC)C(=O)[C@H]4[C@H]2C(=O)N([C@H](CO)c2ccccc2)C3C1=O. The molecule has 0 bridgehead atoms. The summed E-state index contributed by atoms with van der Waals surface area (Å²) in [5.74, 6) is -1.52. The van der Waals surface area contributed by atoms with Crippen molar-refractivity contribution in [2.45, 2.75) is 68.2 Å². The molecule has 1 aromatic rings. The number of likely N-dealkylation sites (tertiary alicyclic amines) is 1. The smallest absolute Gasteiger partial charge is 0.247 e. The van der Waals surface area contributed by atoms with E-state index in [1.807, 2.05) is 59.2 Å². The topological polar surface area (TPSA) is 81.2 Å². The molecule has 38 heavy (non-hydrogen) atoms. The standard InChI is InChI=1S/C30H39N3O4S/c1-4-11-20(3)32-18-10-15-30-25(24-23(38-30)14-9-17-31(16-5-2)27(24)35)28(36)33(26(30)29(32)37)22(19-34)21-12-7-6-8-13-21/h6-10,12-15,20,22-26,34H,4-5,11,16-19H2,1-3H3/t20?,22-,23+,24-,25+,26?,30+/m1/s1. The van der Waals surface area contributed by atoms with Gasteiger partial charge in [0.2, 0.25) is 17.7 Å². The zero-order valence-electron chi connectivity index (χ0n) is 22.5. The molecular formula is C30H39N3O4S. The maximum atomic E-state index is 14.6. The first kappa shape index (κ1) is 27.0. The number of rotatable bonds is 8. The Morgan fingerprint density at radius 1 is 1.03 bits per heavy atom. The average Bonchev–Trinajstić information content (AvgIpc) is 3.23. The molecule has 7 atom stereocenters. The van der Waals surface area contributed by atoms with Crippen LogP contribution in [0.5, 0.6) is 0 Å². The second-order valence-corrected chi connectivity index (χ2v) is 12.4. The number of hydrogen-bond acceptors (Lipinski definition) is 5. The lowest BCUT2D eigenvalue weighted by atomic mass is 9.78. The van der Waals surface area contributed by atoms with Gasteiger partial charge in [0.15, 0.2) is 0 Å². The van der Waals surface area contributed by atoms with Crippen LogP contribution in [-0.2, 0) is 14.4 Å². The van der Waals surface area contributed by atoms with E-state index in [9.17, 15) is 19.5 Å². The van der Waals surface area contributed by atoms with E-state index in [1.165, 1.54) is 0 Å². The summed E-state index contributed by atoms with van der Waals surface area (Å²) in [6.45, 7) is 7.57. The van der Waals surface area contributed by atoms with Crippen LogP contribution in [0.25, 0.3) is 0 Å². The third-order valence-corrected chi connectivity index (χ3v) is 10.4. The second kappa shape index (κ2) is 10.9. The van der Waals surface area contributed by atoms with Gasteiger partial charge in [-0.25, -0.2) is 0 Å². The molecule has 4 aliphatic rings. The van der Waals surface area contributed by atoms with E-state index in [4.69, 9.17) is 0 Å². The summed E-state index contributed by atoms with van der Waals surface area (Å²) < 4.78 is -0.873. The number of hydrogen-bond donors (Lipinski definition) is 1. The predicted octanol–water partition coefficient (Wildman–Crippen LogP) is 3.41. The molecule has 8 heteroatoms. The Bertz CT molecular complexity index is 1120. The van der Waals surface area contributed by atoms with Crippen molar-refractivity contribution in [2.24, 2.45) is 11.8 Å². The Morgan fingerprint density at radius 3 is 2.47 bits per heavy atom. The summed E-state index contributed by atoms with van der Waals surface area (Å²) in [6.07, 6.45) is 10.9. The summed E-state index contributed by atoms with van der Waals surface area (Å²) in [5.41, 5.74) is 0.786. The van der Waals surface area contributed by atoms with Crippen LogP contribution in [-0.4, -0.2) is 85.8 Å². The number of aliphatic hydroxyl groups is 1. The molecule has 5 rings (SSSR count). The molecule has 2 unspecified atom stereocenters. The van der Waals surface area contributed by atoms with E-state index >= 15 is 0 Å². The van der Waals surface area contributed by atoms with Gasteiger partial charge in [-0.05, 0) is 25.3 Å². The average molecular weight is 538 g/mol. The van der Waals surface area contributed by atoms with Crippen LogP contribution in [0.1, 0.15) is 51.6 Å². The Morgan fingerprint density at radius 2 is 1.79 bits per heavy atom. The largest absolute Gasteiger partial charge is 0.394 e. The summed E-state index contributed by atoms with van der Waals surface area (Å²) >= 11 is 1.60. The minimum Gasteiger partial charge on any atom is -0.394 e. The van der Waals surface area contributed by atoms with Crippen LogP contribution in [0.2, 0.25) is 0 Å². The molecule has 0 aromatic heterocycles. The van der Waals surface area contributed by atoms with Crippen LogP contribution in [0.3, 0.4) is 0 Å². The monoisotopic (exact) mass is 537 g/mol. The maximum absolute atomic E-state index is 14.6. The van der Waals surface area contributed by atoms with Gasteiger partial charge in [0, 0.05) is 30.9 Å². The highest BCUT2D eigenvalue weighted by atomic mass is 32.2. The summed E-state index contributed by atoms with van der Waals surface area (Å²) in [5, 5.41) is 10.5. The predicted molar refractivity (Wildman–Crippen MR) is 149 cm³/mol. The normalized spacial score (nSPS) is 32.1. The minimum absolute atomic E-state index is 0.00765. The number of nitrogens with zero attached hydrogens (tertiary/aromatic N) is 3. The summed E-state index contributed by atoms with van der Waals surface area (Å²) in [6, 6.07) is 7.99. The molecule has 7 nitrogen and oxygen atoms in total. The first-order valence-electron chi connectivity index (χ1n) is 14.0. The van der Waals surface area contributed by atoms with Crippen molar-refractivity contribution < 1.29 is 19.5 Å². The zero-order valence-corrected chi connectivity index (χ0v) is 23.3. The summed E-state index contributed by atoms with van der Waals surface area (Å²) in [4.78, 5) is 48.4. The Balaban J connectivity index is 1.65. The highest BCUT2D eigenvalue weighted by molar-refractivity contribution is 8.02. The van der Waals surface area contributed by atoms with Gasteiger partial charge in [-0.2, -0.15) is 0 Å². The first-order valence-corrected chi connectivity index (χ1v) is 14.9. The molecule has 0 aliphatic carbocycles. The molecule has 1 N–H and O–H groups in total. The van der Waals surface area contributed by atoms with E-state index in [2.05, 4.69) is 26.0 Å². The molecule has 4 aliphatic heterocycles. The maximum Gasteiger partial charge on any atom is 0.247 e. The van der Waals surface area contributed by atoms with E-state index in [0.29, 0.717) is 19.6 Å². The van der Waals surface area contributed by atoms with E-state index in [1.54, 1.807) is 16.7 Å². The second-order valence-electron chi connectivity index (χ2n) is 10.9. The van der Waals surface area contributed by atoms with E-state index in [0.717, 1.165) is 24.8 Å². The van der Waals surface area contributed by atoms with Crippen molar-refractivity contribution in [3.63, 3.8) is 0 Å². The van der Waals surface area contributed by atoms with Crippen LogP contribution in [0.4, 0.5) is 0 Å². The molecule has 2 fully saturated rings. The quantitative estimate of drug-likeness (QED) is 0.514. The number of amides is 3.